The highest BCUT2D eigenvalue weighted by atomic mass is 35.5. The van der Waals surface area contributed by atoms with Crippen LogP contribution in [-0.4, -0.2) is 90.5 Å². The molecular formula is C17H20Cl2N2O11. The average Bonchev–Trinajstić information content (AvgIpc) is 2.75. The first-order chi connectivity index (χ1) is 14.9. The minimum absolute atomic E-state index is 0.133. The Morgan fingerprint density at radius 1 is 1.16 bits per heavy atom. The summed E-state index contributed by atoms with van der Waals surface area (Å²) in [5.74, 6) is -2.55. The van der Waals surface area contributed by atoms with Crippen LogP contribution < -0.4 is 5.32 Å². The largest absolute Gasteiger partial charge is 0.479 e. The lowest BCUT2D eigenvalue weighted by molar-refractivity contribution is -0.384. The highest BCUT2D eigenvalue weighted by Crippen LogP contribution is 2.25. The Labute approximate surface area is 190 Å². The zero-order valence-corrected chi connectivity index (χ0v) is 17.5. The van der Waals surface area contributed by atoms with E-state index in [2.05, 4.69) is 5.32 Å². The van der Waals surface area contributed by atoms with Crippen molar-refractivity contribution < 1.29 is 49.5 Å². The molecule has 0 spiro atoms. The lowest BCUT2D eigenvalue weighted by Gasteiger charge is -2.39. The number of nitrogens with zero attached hydrogens (tertiary/aromatic N) is 1. The second-order valence-corrected chi connectivity index (χ2v) is 7.87. The second kappa shape index (κ2) is 11.2. The van der Waals surface area contributed by atoms with Crippen LogP contribution in [0.25, 0.3) is 0 Å². The van der Waals surface area contributed by atoms with Crippen LogP contribution in [-0.2, 0) is 19.1 Å². The Bertz CT molecular complexity index is 825. The van der Waals surface area contributed by atoms with E-state index in [9.17, 15) is 40.1 Å². The van der Waals surface area contributed by atoms with Crippen molar-refractivity contribution in [2.24, 2.45) is 0 Å². The number of rotatable bonds is 9. The molecule has 0 aliphatic carbocycles. The number of halogens is 2. The molecule has 1 heterocycles. The summed E-state index contributed by atoms with van der Waals surface area (Å²) < 4.78 is 10.2. The van der Waals surface area contributed by atoms with Crippen LogP contribution in [0.4, 0.5) is 5.69 Å². The molecule has 2 rings (SSSR count). The van der Waals surface area contributed by atoms with Crippen molar-refractivity contribution in [2.75, 3.05) is 6.61 Å². The maximum Gasteiger partial charge on any atom is 0.335 e. The zero-order valence-electron chi connectivity index (χ0n) is 16.0. The Kier molecular flexibility index (Phi) is 9.12. The van der Waals surface area contributed by atoms with Crippen molar-refractivity contribution >= 4 is 40.8 Å². The van der Waals surface area contributed by atoms with Gasteiger partial charge in [-0.3, -0.25) is 14.9 Å². The summed E-state index contributed by atoms with van der Waals surface area (Å²) in [4.78, 5) is 31.7. The normalized spacial score (nSPS) is 27.5. The minimum atomic E-state index is -1.93. The second-order valence-electron chi connectivity index (χ2n) is 6.78. The number of aliphatic hydroxyl groups is 4. The van der Waals surface area contributed by atoms with Gasteiger partial charge in [-0.15, -0.1) is 0 Å². The number of benzene rings is 1. The smallest absolute Gasteiger partial charge is 0.335 e. The summed E-state index contributed by atoms with van der Waals surface area (Å²) in [6.07, 6.45) is -10.9. The third kappa shape index (κ3) is 6.24. The molecule has 1 saturated heterocycles. The van der Waals surface area contributed by atoms with Gasteiger partial charge in [0, 0.05) is 12.1 Å². The first-order valence-electron chi connectivity index (χ1n) is 8.99. The Morgan fingerprint density at radius 3 is 2.25 bits per heavy atom. The number of carboxylic acids is 1. The Morgan fingerprint density at radius 2 is 1.75 bits per heavy atom. The number of alkyl halides is 2. The minimum Gasteiger partial charge on any atom is -0.479 e. The number of nitrogens with one attached hydrogen (secondary N) is 1. The van der Waals surface area contributed by atoms with E-state index in [-0.39, 0.29) is 11.3 Å². The highest BCUT2D eigenvalue weighted by Gasteiger charge is 2.47. The Balaban J connectivity index is 2.18. The maximum atomic E-state index is 11.9. The molecule has 0 bridgehead atoms. The molecule has 1 fully saturated rings. The number of ether oxygens (including phenoxy) is 2. The number of hydrogen-bond acceptors (Lipinski definition) is 10. The molecule has 0 aromatic heterocycles. The van der Waals surface area contributed by atoms with Crippen molar-refractivity contribution in [3.8, 4) is 0 Å². The van der Waals surface area contributed by atoms with E-state index in [1.54, 1.807) is 0 Å². The summed E-state index contributed by atoms with van der Waals surface area (Å²) in [7, 11) is 0. The topological polar surface area (TPSA) is 209 Å². The lowest BCUT2D eigenvalue weighted by atomic mass is 9.99. The van der Waals surface area contributed by atoms with E-state index >= 15 is 0 Å². The van der Waals surface area contributed by atoms with Gasteiger partial charge in [0.2, 0.25) is 0 Å². The number of carbonyl (C=O) groups is 2. The highest BCUT2D eigenvalue weighted by molar-refractivity contribution is 6.53. The number of hydrogen-bond donors (Lipinski definition) is 6. The number of aliphatic hydroxyl groups excluding tert-OH is 4. The maximum absolute atomic E-state index is 11.9. The summed E-state index contributed by atoms with van der Waals surface area (Å²) in [5.41, 5.74) is -0.112. The van der Waals surface area contributed by atoms with Gasteiger partial charge in [-0.05, 0) is 17.7 Å². The monoisotopic (exact) mass is 498 g/mol. The van der Waals surface area contributed by atoms with Crippen LogP contribution in [0.1, 0.15) is 11.7 Å². The molecule has 13 nitrogen and oxygen atoms in total. The van der Waals surface area contributed by atoms with Gasteiger partial charge in [-0.25, -0.2) is 4.79 Å². The third-order valence-corrected chi connectivity index (χ3v) is 5.00. The molecule has 1 aliphatic rings. The average molecular weight is 499 g/mol. The van der Waals surface area contributed by atoms with Crippen molar-refractivity contribution in [1.82, 2.24) is 5.32 Å². The number of aliphatic carboxylic acids is 1. The quantitative estimate of drug-likeness (QED) is 0.135. The van der Waals surface area contributed by atoms with Crippen molar-refractivity contribution in [3.63, 3.8) is 0 Å². The summed E-state index contributed by atoms with van der Waals surface area (Å²) in [6.45, 7) is -0.610. The number of carbonyl (C=O) groups excluding carboxylic acids is 1. The molecule has 178 valence electrons. The van der Waals surface area contributed by atoms with Gasteiger partial charge in [0.05, 0.1) is 17.6 Å². The Hall–Kier alpha value is -2.10. The van der Waals surface area contributed by atoms with Crippen molar-refractivity contribution in [2.45, 2.75) is 47.7 Å². The molecule has 1 aromatic carbocycles. The first-order valence-corrected chi connectivity index (χ1v) is 9.86. The number of nitro groups is 1. The number of nitro benzene ring substituents is 1. The molecule has 3 unspecified atom stereocenters. The lowest BCUT2D eigenvalue weighted by Crippen LogP contribution is -2.61. The molecule has 1 aromatic rings. The van der Waals surface area contributed by atoms with Gasteiger partial charge in [-0.2, -0.15) is 0 Å². The molecule has 0 saturated carbocycles. The predicted molar refractivity (Wildman–Crippen MR) is 106 cm³/mol. The van der Waals surface area contributed by atoms with Crippen LogP contribution in [0, 0.1) is 10.1 Å². The van der Waals surface area contributed by atoms with Crippen LogP contribution in [0.3, 0.4) is 0 Å². The van der Waals surface area contributed by atoms with Gasteiger partial charge in [0.1, 0.15) is 24.4 Å². The molecule has 1 amide bonds. The van der Waals surface area contributed by atoms with Gasteiger partial charge < -0.3 is 40.3 Å². The van der Waals surface area contributed by atoms with E-state index in [1.165, 1.54) is 12.1 Å². The van der Waals surface area contributed by atoms with E-state index in [0.29, 0.717) is 0 Å². The molecule has 32 heavy (non-hydrogen) atoms. The van der Waals surface area contributed by atoms with Crippen molar-refractivity contribution in [3.05, 3.63) is 39.9 Å². The van der Waals surface area contributed by atoms with Crippen LogP contribution in [0.2, 0.25) is 0 Å². The van der Waals surface area contributed by atoms with E-state index in [0.717, 1.165) is 12.1 Å². The summed E-state index contributed by atoms with van der Waals surface area (Å²) in [6, 6.07) is 3.40. The molecule has 6 N–H and O–H groups in total. The number of amides is 1. The van der Waals surface area contributed by atoms with E-state index < -0.39 is 71.1 Å². The van der Waals surface area contributed by atoms with Crippen molar-refractivity contribution in [1.29, 1.82) is 0 Å². The fourth-order valence-electron chi connectivity index (χ4n) is 2.87. The summed E-state index contributed by atoms with van der Waals surface area (Å²) in [5, 5.41) is 62.4. The van der Waals surface area contributed by atoms with Crippen LogP contribution in [0.5, 0.6) is 0 Å². The molecule has 15 heteroatoms. The third-order valence-electron chi connectivity index (χ3n) is 4.61. The first kappa shape index (κ1) is 26.2. The molecule has 0 radical (unpaired) electrons. The fourth-order valence-corrected chi connectivity index (χ4v) is 3.00. The van der Waals surface area contributed by atoms with Gasteiger partial charge in [0.25, 0.3) is 11.6 Å². The standard InChI is InChI=1S/C17H20Cl2N2O11/c18-14(19)15(26)20-8(9(22)6-1-3-7(4-2-6)21(29)30)5-31-17-12(25)10(23)11(24)13(32-17)16(27)28/h1-4,8-14,17,22-25H,5H2,(H,20,26)(H,27,28)/t8-,9-,10?,11-,12?,13?,17-/m1/s1. The number of non-ortho nitro benzene ring substituents is 1. The van der Waals surface area contributed by atoms with E-state index in [4.69, 9.17) is 37.8 Å². The zero-order chi connectivity index (χ0) is 24.2. The van der Waals surface area contributed by atoms with Crippen LogP contribution >= 0.6 is 23.2 Å². The van der Waals surface area contributed by atoms with Gasteiger partial charge in [-0.1, -0.05) is 23.2 Å². The summed E-state index contributed by atoms with van der Waals surface area (Å²) >= 11 is 11.0. The fraction of sp³-hybridized carbons (Fsp3) is 0.529. The molecule has 1 aliphatic heterocycles. The SMILES string of the molecule is O=C(N[C@H](CO[C@@H]1OC(C(=O)O)[C@H](O)C(O)C1O)[C@H](O)c1ccc([N+](=O)[O-])cc1)C(Cl)Cl. The van der Waals surface area contributed by atoms with E-state index in [1.807, 2.05) is 0 Å². The predicted octanol–water partition coefficient (Wildman–Crippen LogP) is -1.17. The van der Waals surface area contributed by atoms with Gasteiger partial charge >= 0.3 is 5.97 Å². The van der Waals surface area contributed by atoms with Crippen LogP contribution in [0.15, 0.2) is 24.3 Å². The van der Waals surface area contributed by atoms with Gasteiger partial charge in [0.15, 0.2) is 17.2 Å². The molecular weight excluding hydrogens is 479 g/mol. The number of carboxylic acid groups (broad SMARTS) is 1. The molecule has 7 atom stereocenters.